The molecule has 5 rings (SSSR count). The third-order valence-corrected chi connectivity index (χ3v) is 5.29. The largest absolute Gasteiger partial charge is 0.508 e. The minimum Gasteiger partial charge on any atom is -0.508 e. The Labute approximate surface area is 167 Å². The molecule has 1 aromatic carbocycles. The van der Waals surface area contributed by atoms with E-state index in [9.17, 15) is 9.90 Å². The molecule has 7 heteroatoms. The smallest absolute Gasteiger partial charge is 0.255 e. The van der Waals surface area contributed by atoms with E-state index in [4.69, 9.17) is 4.74 Å². The van der Waals surface area contributed by atoms with Crippen LogP contribution in [0.3, 0.4) is 0 Å². The van der Waals surface area contributed by atoms with Gasteiger partial charge in [-0.1, -0.05) is 0 Å². The summed E-state index contributed by atoms with van der Waals surface area (Å²) in [5.74, 6) is 1.59. The lowest BCUT2D eigenvalue weighted by molar-refractivity contribution is 0.254. The lowest BCUT2D eigenvalue weighted by atomic mass is 10.0. The number of hydrogen-bond acceptors (Lipinski definition) is 6. The van der Waals surface area contributed by atoms with Crippen LogP contribution in [0.25, 0.3) is 17.5 Å². The quantitative estimate of drug-likeness (QED) is 0.716. The number of phenolic OH excluding ortho intramolecular Hbond substituents is 1. The summed E-state index contributed by atoms with van der Waals surface area (Å²) in [5.41, 5.74) is 4.35. The summed E-state index contributed by atoms with van der Waals surface area (Å²) in [7, 11) is 0. The summed E-state index contributed by atoms with van der Waals surface area (Å²) < 4.78 is 5.80. The van der Waals surface area contributed by atoms with Crippen LogP contribution >= 0.6 is 0 Å². The molecule has 2 aliphatic rings. The number of pyridine rings is 1. The second-order valence-corrected chi connectivity index (χ2v) is 7.35. The maximum atomic E-state index is 12.7. The molecule has 146 valence electrons. The van der Waals surface area contributed by atoms with Gasteiger partial charge in [-0.15, -0.1) is 0 Å². The molecule has 0 radical (unpaired) electrons. The van der Waals surface area contributed by atoms with Crippen LogP contribution in [0.15, 0.2) is 53.1 Å². The molecule has 0 spiro atoms. The van der Waals surface area contributed by atoms with Crippen LogP contribution in [0.5, 0.6) is 11.5 Å². The predicted octanol–water partition coefficient (Wildman–Crippen LogP) is 2.37. The van der Waals surface area contributed by atoms with Crippen molar-refractivity contribution in [3.05, 3.63) is 75.5 Å². The molecule has 0 amide bonds. The van der Waals surface area contributed by atoms with Crippen molar-refractivity contribution in [1.82, 2.24) is 19.9 Å². The van der Waals surface area contributed by atoms with Gasteiger partial charge in [-0.05, 0) is 42.0 Å². The molecular formula is C22H20N4O3. The van der Waals surface area contributed by atoms with Crippen molar-refractivity contribution in [3.63, 3.8) is 0 Å². The average molecular weight is 388 g/mol. The Morgan fingerprint density at radius 2 is 2.07 bits per heavy atom. The number of phenols is 1. The van der Waals surface area contributed by atoms with Gasteiger partial charge in [0.05, 0.1) is 11.3 Å². The van der Waals surface area contributed by atoms with E-state index in [2.05, 4.69) is 25.9 Å². The molecule has 2 aliphatic heterocycles. The fraction of sp³-hybridized carbons (Fsp3) is 0.227. The number of ether oxygens (including phenoxy) is 1. The van der Waals surface area contributed by atoms with Gasteiger partial charge in [0.15, 0.2) is 0 Å². The normalized spacial score (nSPS) is 15.8. The number of nitrogens with one attached hydrogen (secondary N) is 1. The number of rotatable bonds is 3. The van der Waals surface area contributed by atoms with Crippen LogP contribution in [0.2, 0.25) is 0 Å². The molecule has 0 saturated heterocycles. The first-order chi connectivity index (χ1) is 14.2. The van der Waals surface area contributed by atoms with Crippen molar-refractivity contribution in [3.8, 4) is 22.9 Å². The lowest BCUT2D eigenvalue weighted by Crippen LogP contribution is -2.37. The van der Waals surface area contributed by atoms with Crippen LogP contribution < -0.4 is 10.3 Å². The first-order valence-corrected chi connectivity index (χ1v) is 9.56. The zero-order valence-corrected chi connectivity index (χ0v) is 15.8. The Kier molecular flexibility index (Phi) is 4.37. The van der Waals surface area contributed by atoms with Crippen LogP contribution in [0, 0.1) is 0 Å². The van der Waals surface area contributed by atoms with Crippen LogP contribution in [-0.2, 0) is 13.0 Å². The van der Waals surface area contributed by atoms with Crippen molar-refractivity contribution < 1.29 is 9.84 Å². The van der Waals surface area contributed by atoms with Crippen molar-refractivity contribution in [2.45, 2.75) is 13.0 Å². The number of aromatic amines is 1. The highest BCUT2D eigenvalue weighted by molar-refractivity contribution is 5.64. The van der Waals surface area contributed by atoms with E-state index in [1.165, 1.54) is 0 Å². The molecule has 0 atom stereocenters. The summed E-state index contributed by atoms with van der Waals surface area (Å²) in [6.45, 7) is 2.60. The van der Waals surface area contributed by atoms with Crippen LogP contribution in [-0.4, -0.2) is 44.7 Å². The zero-order chi connectivity index (χ0) is 19.8. The van der Waals surface area contributed by atoms with Gasteiger partial charge in [-0.25, -0.2) is 4.98 Å². The first kappa shape index (κ1) is 17.6. The van der Waals surface area contributed by atoms with E-state index < -0.39 is 0 Å². The molecule has 0 bridgehead atoms. The number of H-pyrrole nitrogens is 1. The summed E-state index contributed by atoms with van der Waals surface area (Å²) in [6.07, 6.45) is 6.16. The number of nitrogens with zero attached hydrogens (tertiary/aromatic N) is 3. The highest BCUT2D eigenvalue weighted by Gasteiger charge is 2.23. The highest BCUT2D eigenvalue weighted by atomic mass is 16.5. The standard InChI is InChI=1S/C22H20N4O3/c27-17-1-2-20-16(10-17)9-14(13-29-20)11-26-8-5-19-18(12-26)22(28)25-21(24-19)15-3-6-23-7-4-15/h1-4,6-7,9-10,27H,5,8,11-13H2,(H,24,25,28). The van der Waals surface area contributed by atoms with Crippen molar-refractivity contribution in [2.75, 3.05) is 19.7 Å². The molecule has 7 nitrogen and oxygen atoms in total. The summed E-state index contributed by atoms with van der Waals surface area (Å²) in [6, 6.07) is 8.78. The Morgan fingerprint density at radius 1 is 1.21 bits per heavy atom. The van der Waals surface area contributed by atoms with Crippen molar-refractivity contribution in [2.24, 2.45) is 0 Å². The summed E-state index contributed by atoms with van der Waals surface area (Å²) >= 11 is 0. The molecule has 4 heterocycles. The van der Waals surface area contributed by atoms with Crippen molar-refractivity contribution >= 4 is 6.08 Å². The predicted molar refractivity (Wildman–Crippen MR) is 109 cm³/mol. The average Bonchev–Trinajstić information content (AvgIpc) is 2.74. The minimum absolute atomic E-state index is 0.0874. The van der Waals surface area contributed by atoms with Gasteiger partial charge in [0.25, 0.3) is 5.56 Å². The number of benzene rings is 1. The van der Waals surface area contributed by atoms with Gasteiger partial charge in [-0.2, -0.15) is 0 Å². The topological polar surface area (TPSA) is 91.3 Å². The van der Waals surface area contributed by atoms with Gasteiger partial charge in [-0.3, -0.25) is 14.7 Å². The molecular weight excluding hydrogens is 368 g/mol. The second kappa shape index (κ2) is 7.18. The Morgan fingerprint density at radius 3 is 2.93 bits per heavy atom. The van der Waals surface area contributed by atoms with Gasteiger partial charge in [0.1, 0.15) is 23.9 Å². The van der Waals surface area contributed by atoms with E-state index in [1.807, 2.05) is 12.1 Å². The molecule has 0 aliphatic carbocycles. The maximum absolute atomic E-state index is 12.7. The van der Waals surface area contributed by atoms with E-state index in [1.54, 1.807) is 30.6 Å². The Balaban J connectivity index is 1.36. The fourth-order valence-corrected chi connectivity index (χ4v) is 3.85. The summed E-state index contributed by atoms with van der Waals surface area (Å²) in [4.78, 5) is 26.5. The van der Waals surface area contributed by atoms with E-state index in [0.717, 1.165) is 46.7 Å². The zero-order valence-electron chi connectivity index (χ0n) is 15.8. The Bertz CT molecular complexity index is 1150. The van der Waals surface area contributed by atoms with Gasteiger partial charge >= 0.3 is 0 Å². The monoisotopic (exact) mass is 388 g/mol. The fourth-order valence-electron chi connectivity index (χ4n) is 3.85. The third kappa shape index (κ3) is 3.52. The number of aromatic hydroxyl groups is 1. The molecule has 2 aromatic heterocycles. The van der Waals surface area contributed by atoms with E-state index >= 15 is 0 Å². The van der Waals surface area contributed by atoms with Crippen LogP contribution in [0.4, 0.5) is 0 Å². The highest BCUT2D eigenvalue weighted by Crippen LogP contribution is 2.30. The number of aromatic nitrogens is 3. The maximum Gasteiger partial charge on any atom is 0.255 e. The SMILES string of the molecule is O=c1[nH]c(-c2ccncc2)nc2c1CN(CC1=Cc3cc(O)ccc3OC1)CC2. The molecule has 0 fully saturated rings. The van der Waals surface area contributed by atoms with E-state index in [-0.39, 0.29) is 11.3 Å². The van der Waals surface area contributed by atoms with Gasteiger partial charge in [0, 0.05) is 49.6 Å². The second-order valence-electron chi connectivity index (χ2n) is 7.35. The minimum atomic E-state index is -0.0874. The molecule has 29 heavy (non-hydrogen) atoms. The van der Waals surface area contributed by atoms with Crippen molar-refractivity contribution in [1.29, 1.82) is 0 Å². The molecule has 0 saturated carbocycles. The first-order valence-electron chi connectivity index (χ1n) is 9.56. The number of hydrogen-bond donors (Lipinski definition) is 2. The number of fused-ring (bicyclic) bond motifs is 2. The third-order valence-electron chi connectivity index (χ3n) is 5.29. The molecule has 2 N–H and O–H groups in total. The van der Waals surface area contributed by atoms with Crippen LogP contribution in [0.1, 0.15) is 16.8 Å². The summed E-state index contributed by atoms with van der Waals surface area (Å²) in [5, 5.41) is 9.70. The molecule has 3 aromatic rings. The van der Waals surface area contributed by atoms with E-state index in [0.29, 0.717) is 25.5 Å². The lowest BCUT2D eigenvalue weighted by Gasteiger charge is -2.29. The van der Waals surface area contributed by atoms with Gasteiger partial charge < -0.3 is 14.8 Å². The molecule has 0 unspecified atom stereocenters. The van der Waals surface area contributed by atoms with Gasteiger partial charge in [0.2, 0.25) is 0 Å². The Hall–Kier alpha value is -3.45.